The highest BCUT2D eigenvalue weighted by Crippen LogP contribution is 2.19. The Labute approximate surface area is 135 Å². The molecule has 0 fully saturated rings. The predicted octanol–water partition coefficient (Wildman–Crippen LogP) is 3.58. The van der Waals surface area contributed by atoms with Crippen LogP contribution in [0.25, 0.3) is 0 Å². The van der Waals surface area contributed by atoms with Crippen molar-refractivity contribution in [2.45, 2.75) is 52.8 Å². The van der Waals surface area contributed by atoms with Gasteiger partial charge in [0.05, 0.1) is 11.5 Å². The minimum atomic E-state index is 0.158. The summed E-state index contributed by atoms with van der Waals surface area (Å²) < 4.78 is 7.33. The van der Waals surface area contributed by atoms with Gasteiger partial charge < -0.3 is 9.09 Å². The summed E-state index contributed by atoms with van der Waals surface area (Å²) in [5.41, 5.74) is 3.01. The molecule has 2 aromatic rings. The van der Waals surface area contributed by atoms with Crippen LogP contribution < -0.4 is 0 Å². The summed E-state index contributed by atoms with van der Waals surface area (Å²) >= 11 is 1.52. The fraction of sp³-hybridized carbons (Fsp3) is 0.562. The second-order valence-corrected chi connectivity index (χ2v) is 6.28. The average molecular weight is 321 g/mol. The van der Waals surface area contributed by atoms with Gasteiger partial charge in [0.2, 0.25) is 5.89 Å². The summed E-state index contributed by atoms with van der Waals surface area (Å²) in [7, 11) is 0. The van der Waals surface area contributed by atoms with Gasteiger partial charge in [0.1, 0.15) is 0 Å². The zero-order valence-corrected chi connectivity index (χ0v) is 14.5. The monoisotopic (exact) mass is 321 g/mol. The molecule has 0 radical (unpaired) electrons. The van der Waals surface area contributed by atoms with Crippen LogP contribution in [0.5, 0.6) is 0 Å². The molecule has 0 spiro atoms. The fourth-order valence-corrected chi connectivity index (χ4v) is 3.29. The molecular weight excluding hydrogens is 298 g/mol. The van der Waals surface area contributed by atoms with Gasteiger partial charge in [0.25, 0.3) is 0 Å². The van der Waals surface area contributed by atoms with Gasteiger partial charge in [-0.25, -0.2) is 0 Å². The minimum absolute atomic E-state index is 0.158. The summed E-state index contributed by atoms with van der Waals surface area (Å²) in [6.45, 7) is 9.10. The Hall–Kier alpha value is -1.56. The van der Waals surface area contributed by atoms with Crippen LogP contribution in [0.4, 0.5) is 0 Å². The molecule has 0 saturated heterocycles. The van der Waals surface area contributed by atoms with Gasteiger partial charge in [-0.1, -0.05) is 12.1 Å². The molecule has 0 aromatic carbocycles. The van der Waals surface area contributed by atoms with E-state index in [1.807, 2.05) is 19.9 Å². The molecule has 2 heterocycles. The molecule has 120 valence electrons. The first-order valence-electron chi connectivity index (χ1n) is 7.65. The van der Waals surface area contributed by atoms with Gasteiger partial charge in [0, 0.05) is 29.9 Å². The molecule has 2 rings (SSSR count). The third-order valence-electron chi connectivity index (χ3n) is 3.63. The molecule has 0 atom stereocenters. The van der Waals surface area contributed by atoms with Crippen LogP contribution in [0.1, 0.15) is 53.7 Å². The van der Waals surface area contributed by atoms with Crippen molar-refractivity contribution < 1.29 is 9.32 Å². The van der Waals surface area contributed by atoms with Crippen molar-refractivity contribution in [3.05, 3.63) is 34.7 Å². The molecule has 0 aliphatic heterocycles. The van der Waals surface area contributed by atoms with E-state index in [9.17, 15) is 4.79 Å². The molecule has 0 N–H and O–H groups in total. The summed E-state index contributed by atoms with van der Waals surface area (Å²) in [5, 5.41) is 3.91. The van der Waals surface area contributed by atoms with Gasteiger partial charge in [-0.3, -0.25) is 4.79 Å². The maximum absolute atomic E-state index is 12.3. The summed E-state index contributed by atoms with van der Waals surface area (Å²) in [5.74, 6) is 2.51. The maximum atomic E-state index is 12.3. The number of carbonyl (C=O) groups is 1. The van der Waals surface area contributed by atoms with Crippen molar-refractivity contribution in [1.82, 2.24) is 14.7 Å². The largest absolute Gasteiger partial charge is 0.349 e. The molecule has 0 aliphatic rings. The third-order valence-corrected chi connectivity index (χ3v) is 4.55. The molecular formula is C16H23N3O2S. The standard InChI is InChI=1S/C16H23N3O2S/c1-5-7-15-17-16(21-18-15)10-22-9-14(20)13-8-11(3)19(6-2)12(13)4/h8H,5-7,9-10H2,1-4H3. The zero-order valence-electron chi connectivity index (χ0n) is 13.7. The van der Waals surface area contributed by atoms with Crippen molar-refractivity contribution in [3.8, 4) is 0 Å². The normalized spacial score (nSPS) is 11.1. The second-order valence-electron chi connectivity index (χ2n) is 5.30. The quantitative estimate of drug-likeness (QED) is 0.696. The van der Waals surface area contributed by atoms with Crippen LogP contribution in [0.2, 0.25) is 0 Å². The van der Waals surface area contributed by atoms with E-state index in [2.05, 4.69) is 28.6 Å². The Kier molecular flexibility index (Phi) is 5.83. The van der Waals surface area contributed by atoms with Crippen LogP contribution in [0, 0.1) is 13.8 Å². The van der Waals surface area contributed by atoms with E-state index in [4.69, 9.17) is 4.52 Å². The number of aromatic nitrogens is 3. The van der Waals surface area contributed by atoms with E-state index < -0.39 is 0 Å². The maximum Gasteiger partial charge on any atom is 0.236 e. The lowest BCUT2D eigenvalue weighted by Gasteiger charge is -2.05. The number of hydrogen-bond donors (Lipinski definition) is 0. The number of ketones is 1. The van der Waals surface area contributed by atoms with Gasteiger partial charge in [0.15, 0.2) is 11.6 Å². The highest BCUT2D eigenvalue weighted by Gasteiger charge is 2.15. The minimum Gasteiger partial charge on any atom is -0.349 e. The van der Waals surface area contributed by atoms with E-state index in [1.165, 1.54) is 11.8 Å². The second kappa shape index (κ2) is 7.63. The zero-order chi connectivity index (χ0) is 16.1. The van der Waals surface area contributed by atoms with Crippen LogP contribution >= 0.6 is 11.8 Å². The first-order valence-corrected chi connectivity index (χ1v) is 8.81. The Morgan fingerprint density at radius 2 is 2.14 bits per heavy atom. The molecule has 0 saturated carbocycles. The van der Waals surface area contributed by atoms with Crippen LogP contribution in [-0.2, 0) is 18.7 Å². The smallest absolute Gasteiger partial charge is 0.236 e. The molecule has 0 amide bonds. The Balaban J connectivity index is 1.90. The fourth-order valence-electron chi connectivity index (χ4n) is 2.55. The van der Waals surface area contributed by atoms with Crippen molar-refractivity contribution >= 4 is 17.5 Å². The third kappa shape index (κ3) is 3.80. The Morgan fingerprint density at radius 3 is 2.77 bits per heavy atom. The summed E-state index contributed by atoms with van der Waals surface area (Å²) in [4.78, 5) is 16.6. The molecule has 0 unspecified atom stereocenters. The first kappa shape index (κ1) is 16.8. The number of rotatable bonds is 8. The van der Waals surface area contributed by atoms with E-state index in [-0.39, 0.29) is 5.78 Å². The summed E-state index contributed by atoms with van der Waals surface area (Å²) in [6.07, 6.45) is 1.83. The van der Waals surface area contributed by atoms with Gasteiger partial charge >= 0.3 is 0 Å². The number of hydrogen-bond acceptors (Lipinski definition) is 5. The van der Waals surface area contributed by atoms with Crippen molar-refractivity contribution in [3.63, 3.8) is 0 Å². The molecule has 5 nitrogen and oxygen atoms in total. The van der Waals surface area contributed by atoms with E-state index in [1.54, 1.807) is 0 Å². The van der Waals surface area contributed by atoms with Gasteiger partial charge in [-0.15, -0.1) is 11.8 Å². The van der Waals surface area contributed by atoms with Crippen molar-refractivity contribution in [1.29, 1.82) is 0 Å². The lowest BCUT2D eigenvalue weighted by Crippen LogP contribution is -2.06. The van der Waals surface area contributed by atoms with E-state index >= 15 is 0 Å². The number of nitrogens with zero attached hydrogens (tertiary/aromatic N) is 3. The molecule has 6 heteroatoms. The highest BCUT2D eigenvalue weighted by molar-refractivity contribution is 7.99. The molecule has 22 heavy (non-hydrogen) atoms. The van der Waals surface area contributed by atoms with Crippen LogP contribution in [0.15, 0.2) is 10.6 Å². The highest BCUT2D eigenvalue weighted by atomic mass is 32.2. The lowest BCUT2D eigenvalue weighted by molar-refractivity contribution is 0.102. The van der Waals surface area contributed by atoms with Crippen LogP contribution in [-0.4, -0.2) is 26.2 Å². The topological polar surface area (TPSA) is 60.9 Å². The predicted molar refractivity (Wildman–Crippen MR) is 88.4 cm³/mol. The number of carbonyl (C=O) groups excluding carboxylic acids is 1. The van der Waals surface area contributed by atoms with Crippen molar-refractivity contribution in [2.24, 2.45) is 0 Å². The van der Waals surface area contributed by atoms with Gasteiger partial charge in [-0.2, -0.15) is 4.98 Å². The Bertz CT molecular complexity index is 646. The van der Waals surface area contributed by atoms with Crippen LogP contribution in [0.3, 0.4) is 0 Å². The molecule has 2 aromatic heterocycles. The van der Waals surface area contributed by atoms with E-state index in [0.717, 1.165) is 42.2 Å². The Morgan fingerprint density at radius 1 is 1.36 bits per heavy atom. The number of Topliss-reactive ketones (excluding diaryl/α,β-unsaturated/α-hetero) is 1. The first-order chi connectivity index (χ1) is 10.6. The molecule has 0 aliphatic carbocycles. The SMILES string of the molecule is CCCc1noc(CSCC(=O)c2cc(C)n(CC)c2C)n1. The van der Waals surface area contributed by atoms with Gasteiger partial charge in [-0.05, 0) is 33.3 Å². The van der Waals surface area contributed by atoms with E-state index in [0.29, 0.717) is 17.4 Å². The number of aryl methyl sites for hydroxylation is 2. The van der Waals surface area contributed by atoms with Crippen molar-refractivity contribution in [2.75, 3.05) is 5.75 Å². The lowest BCUT2D eigenvalue weighted by atomic mass is 10.2. The number of thioether (sulfide) groups is 1. The molecule has 0 bridgehead atoms. The average Bonchev–Trinajstić information content (AvgIpc) is 3.04. The summed E-state index contributed by atoms with van der Waals surface area (Å²) in [6, 6.07) is 1.98.